The molecule has 2 unspecified atom stereocenters. The monoisotopic (exact) mass is 586 g/mol. The number of fused-ring (bicyclic) bond motifs is 3. The van der Waals surface area contributed by atoms with Gasteiger partial charge in [-0.15, -0.1) is 22.7 Å². The van der Waals surface area contributed by atoms with E-state index in [4.69, 9.17) is 0 Å². The van der Waals surface area contributed by atoms with E-state index in [0.717, 1.165) is 5.92 Å². The van der Waals surface area contributed by atoms with Crippen molar-refractivity contribution in [1.29, 1.82) is 0 Å². The normalized spacial score (nSPS) is 18.1. The summed E-state index contributed by atoms with van der Waals surface area (Å²) in [6, 6.07) is 15.2. The summed E-state index contributed by atoms with van der Waals surface area (Å²) in [7, 11) is -1.24. The molecule has 3 heteroatoms. The summed E-state index contributed by atoms with van der Waals surface area (Å²) >= 11 is 4.12. The Morgan fingerprint density at radius 3 is 1.92 bits per heavy atom. The predicted molar refractivity (Wildman–Crippen MR) is 184 cm³/mol. The van der Waals surface area contributed by atoms with Crippen molar-refractivity contribution >= 4 is 32.7 Å². The predicted octanol–water partition coefficient (Wildman–Crippen LogP) is 13.7. The second kappa shape index (κ2) is 15.8. The van der Waals surface area contributed by atoms with Crippen molar-refractivity contribution in [3.63, 3.8) is 0 Å². The second-order valence-corrected chi connectivity index (χ2v) is 17.0. The lowest BCUT2D eigenvalue weighted by Crippen LogP contribution is -2.15. The van der Waals surface area contributed by atoms with E-state index in [0.29, 0.717) is 0 Å². The van der Waals surface area contributed by atoms with Gasteiger partial charge in [-0.3, -0.25) is 0 Å². The van der Waals surface area contributed by atoms with Crippen LogP contribution in [0.2, 0.25) is 0 Å². The lowest BCUT2D eigenvalue weighted by Gasteiger charge is -2.41. The summed E-state index contributed by atoms with van der Waals surface area (Å²) in [5.74, 6) is 2.10. The van der Waals surface area contributed by atoms with Gasteiger partial charge in [0.15, 0.2) is 0 Å². The van der Waals surface area contributed by atoms with Gasteiger partial charge in [-0.1, -0.05) is 113 Å². The minimum absolute atomic E-state index is 0.197. The van der Waals surface area contributed by atoms with E-state index in [1.165, 1.54) is 67.6 Å². The Morgan fingerprint density at radius 2 is 1.36 bits per heavy atom. The van der Waals surface area contributed by atoms with Gasteiger partial charge in [0.05, 0.1) is 9.75 Å². The maximum absolute atomic E-state index is 2.64. The molecule has 0 saturated carbocycles. The standard InChI is InChI=1S/C32H46S3.2C2H6/c1-8-11-13-15-25-16-18-26(19-17-25)35(22-24(10-3)14-12-9-2)27-20-23(4)33-30(27)31-28(35)21-29(34-31)32(5,6)7;2*1-2/h16-21,24H,8-15,22H2,1-7H3;2*1-2H3. The fourth-order valence-corrected chi connectivity index (χ4v) is 13.5. The van der Waals surface area contributed by atoms with Gasteiger partial charge < -0.3 is 0 Å². The summed E-state index contributed by atoms with van der Waals surface area (Å²) in [4.78, 5) is 11.2. The Morgan fingerprint density at radius 1 is 0.769 bits per heavy atom. The van der Waals surface area contributed by atoms with Crippen LogP contribution in [0, 0.1) is 12.8 Å². The first-order valence-corrected chi connectivity index (χ1v) is 19.3. The van der Waals surface area contributed by atoms with E-state index in [2.05, 4.69) is 96.2 Å². The van der Waals surface area contributed by atoms with Crippen molar-refractivity contribution in [2.24, 2.45) is 5.92 Å². The topological polar surface area (TPSA) is 0 Å². The summed E-state index contributed by atoms with van der Waals surface area (Å²) in [6.07, 6.45) is 10.4. The first-order chi connectivity index (χ1) is 18.7. The third kappa shape index (κ3) is 7.63. The number of unbranched alkanes of at least 4 members (excludes halogenated alkanes) is 3. The van der Waals surface area contributed by atoms with Crippen molar-refractivity contribution in [2.45, 2.75) is 148 Å². The molecule has 0 fully saturated rings. The molecule has 3 aromatic rings. The van der Waals surface area contributed by atoms with Crippen LogP contribution in [0.4, 0.5) is 0 Å². The summed E-state index contributed by atoms with van der Waals surface area (Å²) in [6.45, 7) is 24.5. The molecule has 0 radical (unpaired) electrons. The van der Waals surface area contributed by atoms with Gasteiger partial charge >= 0.3 is 0 Å². The lowest BCUT2D eigenvalue weighted by atomic mass is 9.95. The second-order valence-electron chi connectivity index (χ2n) is 11.5. The average Bonchev–Trinajstić information content (AvgIpc) is 3.61. The number of aryl methyl sites for hydroxylation is 2. The smallest absolute Gasteiger partial charge is 0.0584 e. The zero-order chi connectivity index (χ0) is 29.2. The molecule has 0 bridgehead atoms. The number of hydrogen-bond acceptors (Lipinski definition) is 2. The van der Waals surface area contributed by atoms with Crippen LogP contribution in [0.1, 0.15) is 130 Å². The molecule has 0 aliphatic carbocycles. The molecule has 2 aromatic heterocycles. The highest BCUT2D eigenvalue weighted by molar-refractivity contribution is 8.34. The van der Waals surface area contributed by atoms with Crippen LogP contribution in [0.3, 0.4) is 0 Å². The quantitative estimate of drug-likeness (QED) is 0.196. The highest BCUT2D eigenvalue weighted by Crippen LogP contribution is 2.79. The Labute approximate surface area is 252 Å². The molecule has 0 spiro atoms. The largest absolute Gasteiger partial charge is 0.157 e. The third-order valence-corrected chi connectivity index (χ3v) is 14.9. The zero-order valence-corrected chi connectivity index (χ0v) is 29.6. The first-order valence-electron chi connectivity index (χ1n) is 15.9. The van der Waals surface area contributed by atoms with Gasteiger partial charge in [0.2, 0.25) is 0 Å². The van der Waals surface area contributed by atoms with Crippen molar-refractivity contribution in [2.75, 3.05) is 5.75 Å². The maximum atomic E-state index is 2.64. The molecule has 0 nitrogen and oxygen atoms in total. The molecular weight excluding hydrogens is 529 g/mol. The summed E-state index contributed by atoms with van der Waals surface area (Å²) in [5.41, 5.74) is 1.71. The number of hydrogen-bond donors (Lipinski definition) is 0. The molecular formula is C36H58S3. The van der Waals surface area contributed by atoms with E-state index in [9.17, 15) is 0 Å². The molecule has 3 heterocycles. The SMILES string of the molecule is CC.CC.CCCCCc1ccc(S2(CC(CC)CCCC)c3cc(C)sc3-c3sc(C(C)(C)C)cc32)cc1. The summed E-state index contributed by atoms with van der Waals surface area (Å²) in [5, 5.41) is 0. The van der Waals surface area contributed by atoms with Crippen LogP contribution in [-0.4, -0.2) is 5.75 Å². The molecule has 220 valence electrons. The highest BCUT2D eigenvalue weighted by atomic mass is 32.3. The van der Waals surface area contributed by atoms with Crippen molar-refractivity contribution in [3.8, 4) is 9.75 Å². The fraction of sp³-hybridized carbons (Fsp3) is 0.611. The fourth-order valence-electron chi connectivity index (χ4n) is 5.44. The maximum Gasteiger partial charge on any atom is 0.0584 e. The molecule has 1 aromatic carbocycles. The Kier molecular flexibility index (Phi) is 13.9. The minimum Gasteiger partial charge on any atom is -0.157 e. The molecule has 0 saturated heterocycles. The molecule has 39 heavy (non-hydrogen) atoms. The van der Waals surface area contributed by atoms with E-state index >= 15 is 0 Å². The van der Waals surface area contributed by atoms with Crippen LogP contribution >= 0.6 is 32.7 Å². The molecule has 0 amide bonds. The van der Waals surface area contributed by atoms with Crippen LogP contribution in [-0.2, 0) is 11.8 Å². The average molecular weight is 587 g/mol. The highest BCUT2D eigenvalue weighted by Gasteiger charge is 2.45. The van der Waals surface area contributed by atoms with Crippen molar-refractivity contribution in [1.82, 2.24) is 0 Å². The van der Waals surface area contributed by atoms with Crippen LogP contribution in [0.25, 0.3) is 9.75 Å². The van der Waals surface area contributed by atoms with Crippen LogP contribution in [0.15, 0.2) is 51.1 Å². The number of benzene rings is 1. The molecule has 0 N–H and O–H groups in total. The van der Waals surface area contributed by atoms with Crippen LogP contribution < -0.4 is 0 Å². The van der Waals surface area contributed by atoms with Gasteiger partial charge in [-0.25, -0.2) is 0 Å². The van der Waals surface area contributed by atoms with Crippen molar-refractivity contribution in [3.05, 3.63) is 51.7 Å². The Balaban J connectivity index is 0.00000127. The van der Waals surface area contributed by atoms with E-state index < -0.39 is 10.0 Å². The first kappa shape index (κ1) is 34.2. The molecule has 1 aliphatic rings. The molecule has 4 rings (SSSR count). The minimum atomic E-state index is -1.24. The number of thiophene rings is 2. The molecule has 2 atom stereocenters. The van der Waals surface area contributed by atoms with Gasteiger partial charge in [0, 0.05) is 19.5 Å². The van der Waals surface area contributed by atoms with Gasteiger partial charge in [0.1, 0.15) is 0 Å². The zero-order valence-electron chi connectivity index (χ0n) is 27.1. The van der Waals surface area contributed by atoms with E-state index in [1.54, 1.807) is 29.3 Å². The van der Waals surface area contributed by atoms with Gasteiger partial charge in [-0.05, 0) is 78.0 Å². The molecule has 1 aliphatic heterocycles. The Bertz CT molecular complexity index is 1110. The number of rotatable bonds is 11. The van der Waals surface area contributed by atoms with Crippen LogP contribution in [0.5, 0.6) is 0 Å². The van der Waals surface area contributed by atoms with E-state index in [-0.39, 0.29) is 5.41 Å². The lowest BCUT2D eigenvalue weighted by molar-refractivity contribution is 0.497. The van der Waals surface area contributed by atoms with E-state index in [1.807, 2.05) is 39.0 Å². The summed E-state index contributed by atoms with van der Waals surface area (Å²) < 4.78 is 0. The Hall–Kier alpha value is -1.03. The van der Waals surface area contributed by atoms with Crippen molar-refractivity contribution < 1.29 is 0 Å². The third-order valence-electron chi connectivity index (χ3n) is 7.64. The van der Waals surface area contributed by atoms with Gasteiger partial charge in [-0.2, -0.15) is 10.0 Å². The van der Waals surface area contributed by atoms with Gasteiger partial charge in [0.25, 0.3) is 0 Å².